The maximum Gasteiger partial charge on any atom is 0.233 e. The van der Waals surface area contributed by atoms with Gasteiger partial charge < -0.3 is 20.7 Å². The number of rotatable bonds is 3. The Morgan fingerprint density at radius 2 is 2.22 bits per heavy atom. The number of hydrogen-bond donors (Lipinski definition) is 2. The van der Waals surface area contributed by atoms with E-state index in [2.05, 4.69) is 24.2 Å². The highest BCUT2D eigenvalue weighted by atomic mass is 32.2. The van der Waals surface area contributed by atoms with Crippen LogP contribution in [0, 0.1) is 0 Å². The number of amides is 1. The summed E-state index contributed by atoms with van der Waals surface area (Å²) in [5.74, 6) is 0.608. The first kappa shape index (κ1) is 19.2. The Morgan fingerprint density at radius 3 is 2.96 bits per heavy atom. The number of anilines is 1. The predicted molar refractivity (Wildman–Crippen MR) is 112 cm³/mol. The minimum atomic E-state index is -0.368. The molecule has 1 fully saturated rings. The van der Waals surface area contributed by atoms with Crippen LogP contribution in [-0.4, -0.2) is 40.4 Å². The van der Waals surface area contributed by atoms with Gasteiger partial charge in [0.2, 0.25) is 5.91 Å². The summed E-state index contributed by atoms with van der Waals surface area (Å²) in [5, 5.41) is 5.23. The van der Waals surface area contributed by atoms with Crippen molar-refractivity contribution >= 4 is 39.2 Å². The van der Waals surface area contributed by atoms with Crippen molar-refractivity contribution in [1.29, 1.82) is 0 Å². The lowest BCUT2D eigenvalue weighted by Crippen LogP contribution is -2.37. The summed E-state index contributed by atoms with van der Waals surface area (Å²) in [6.07, 6.45) is 4.95. The Labute approximate surface area is 168 Å². The highest BCUT2D eigenvalue weighted by molar-refractivity contribution is 8.14. The number of nitrogens with zero attached hydrogens (tertiary/aromatic N) is 2. The molecule has 2 unspecified atom stereocenters. The van der Waals surface area contributed by atoms with Crippen LogP contribution in [-0.2, 0) is 22.6 Å². The molecule has 4 heterocycles. The van der Waals surface area contributed by atoms with E-state index in [1.807, 2.05) is 4.90 Å². The normalized spacial score (nSPS) is 27.4. The fourth-order valence-corrected chi connectivity index (χ4v) is 5.93. The highest BCUT2D eigenvalue weighted by Crippen LogP contribution is 2.45. The minimum Gasteiger partial charge on any atom is -0.369 e. The average molecular weight is 409 g/mol. The topological polar surface area (TPSA) is 80.0 Å². The third-order valence-electron chi connectivity index (χ3n) is 5.80. The number of nitrogens with one attached hydrogen (secondary N) is 1. The summed E-state index contributed by atoms with van der Waals surface area (Å²) < 4.78 is 6.08. The van der Waals surface area contributed by atoms with Crippen molar-refractivity contribution in [3.05, 3.63) is 16.0 Å². The molecule has 1 amide bonds. The third kappa shape index (κ3) is 3.90. The molecular formula is C19H28N4O2S2. The molecule has 0 aliphatic carbocycles. The van der Waals surface area contributed by atoms with Gasteiger partial charge in [-0.05, 0) is 38.2 Å². The molecular weight excluding hydrogens is 380 g/mol. The number of piperidine rings is 1. The monoisotopic (exact) mass is 408 g/mol. The molecule has 0 spiro atoms. The molecule has 1 aromatic rings. The standard InChI is InChI=1S/C19H28N4O2S2/c1-3-19(2)9-12-13(10-25-19)27-17-15(12)16(20)21-18(22-17)26-11-14(24)23-7-5-4-6-8-23/h16H,3-11,20H2,1-2H3,(H,21,22). The number of ether oxygens (including phenoxy) is 1. The van der Waals surface area contributed by atoms with Crippen LogP contribution in [0.1, 0.15) is 61.7 Å². The number of carbonyl (C=O) groups is 1. The molecule has 0 aromatic carbocycles. The van der Waals surface area contributed by atoms with Crippen molar-refractivity contribution in [3.63, 3.8) is 0 Å². The lowest BCUT2D eigenvalue weighted by atomic mass is 9.89. The number of amidine groups is 1. The van der Waals surface area contributed by atoms with E-state index in [-0.39, 0.29) is 17.7 Å². The summed E-state index contributed by atoms with van der Waals surface area (Å²) in [6.45, 7) is 6.74. The summed E-state index contributed by atoms with van der Waals surface area (Å²) in [6, 6.07) is 0. The van der Waals surface area contributed by atoms with Crippen LogP contribution in [0.25, 0.3) is 0 Å². The van der Waals surface area contributed by atoms with Gasteiger partial charge in [-0.3, -0.25) is 4.79 Å². The number of likely N-dealkylation sites (tertiary alicyclic amines) is 1. The van der Waals surface area contributed by atoms with Gasteiger partial charge in [0.1, 0.15) is 11.2 Å². The lowest BCUT2D eigenvalue weighted by Gasteiger charge is -2.34. The molecule has 8 heteroatoms. The molecule has 3 aliphatic rings. The van der Waals surface area contributed by atoms with Gasteiger partial charge in [0.15, 0.2) is 5.17 Å². The Hall–Kier alpha value is -1.09. The van der Waals surface area contributed by atoms with Crippen molar-refractivity contribution < 1.29 is 9.53 Å². The number of carbonyl (C=O) groups excluding carboxylic acids is 1. The summed E-state index contributed by atoms with van der Waals surface area (Å²) >= 11 is 3.17. The van der Waals surface area contributed by atoms with Crippen LogP contribution in [0.3, 0.4) is 0 Å². The molecule has 148 valence electrons. The molecule has 27 heavy (non-hydrogen) atoms. The first-order chi connectivity index (χ1) is 13.0. The molecule has 0 bridgehead atoms. The van der Waals surface area contributed by atoms with Gasteiger partial charge in [-0.1, -0.05) is 18.7 Å². The van der Waals surface area contributed by atoms with Crippen molar-refractivity contribution in [2.75, 3.05) is 24.2 Å². The molecule has 6 nitrogen and oxygen atoms in total. The maximum absolute atomic E-state index is 12.4. The molecule has 1 saturated heterocycles. The minimum absolute atomic E-state index is 0.124. The quantitative estimate of drug-likeness (QED) is 0.800. The van der Waals surface area contributed by atoms with Gasteiger partial charge in [0, 0.05) is 30.0 Å². The molecule has 1 aromatic heterocycles. The number of fused-ring (bicyclic) bond motifs is 3. The van der Waals surface area contributed by atoms with Crippen molar-refractivity contribution in [2.45, 2.75) is 64.3 Å². The first-order valence-electron chi connectivity index (χ1n) is 9.78. The second-order valence-electron chi connectivity index (χ2n) is 7.75. The van der Waals surface area contributed by atoms with Crippen LogP contribution in [0.4, 0.5) is 5.00 Å². The Balaban J connectivity index is 1.44. The van der Waals surface area contributed by atoms with E-state index in [1.54, 1.807) is 11.3 Å². The highest BCUT2D eigenvalue weighted by Gasteiger charge is 2.36. The smallest absolute Gasteiger partial charge is 0.233 e. The predicted octanol–water partition coefficient (Wildman–Crippen LogP) is 3.47. The fraction of sp³-hybridized carbons (Fsp3) is 0.684. The zero-order valence-corrected chi connectivity index (χ0v) is 17.7. The van der Waals surface area contributed by atoms with Gasteiger partial charge in [-0.15, -0.1) is 11.3 Å². The molecule has 0 saturated carbocycles. The molecule has 0 radical (unpaired) electrons. The second kappa shape index (κ2) is 7.73. The van der Waals surface area contributed by atoms with Crippen molar-refractivity contribution in [2.24, 2.45) is 10.7 Å². The Morgan fingerprint density at radius 1 is 1.44 bits per heavy atom. The van der Waals surface area contributed by atoms with Gasteiger partial charge in [-0.25, -0.2) is 4.99 Å². The Bertz CT molecular complexity index is 757. The fourth-order valence-electron chi connectivity index (χ4n) is 3.89. The SMILES string of the molecule is CCC1(C)Cc2c(sc3c2C(N)N=C(SCC(=O)N2CCCCC2)N3)CO1. The van der Waals surface area contributed by atoms with E-state index in [0.717, 1.165) is 54.5 Å². The molecule has 3 aliphatic heterocycles. The van der Waals surface area contributed by atoms with Crippen LogP contribution in [0.15, 0.2) is 4.99 Å². The van der Waals surface area contributed by atoms with E-state index in [4.69, 9.17) is 10.5 Å². The van der Waals surface area contributed by atoms with Gasteiger partial charge in [0.05, 0.1) is 18.0 Å². The maximum atomic E-state index is 12.4. The van der Waals surface area contributed by atoms with E-state index in [1.165, 1.54) is 28.6 Å². The van der Waals surface area contributed by atoms with Gasteiger partial charge in [-0.2, -0.15) is 0 Å². The summed E-state index contributed by atoms with van der Waals surface area (Å²) in [4.78, 5) is 20.3. The van der Waals surface area contributed by atoms with Crippen molar-refractivity contribution in [1.82, 2.24) is 4.90 Å². The van der Waals surface area contributed by atoms with Gasteiger partial charge in [0.25, 0.3) is 0 Å². The summed E-state index contributed by atoms with van der Waals surface area (Å²) in [5.41, 5.74) is 8.71. The second-order valence-corrected chi connectivity index (χ2v) is 9.82. The number of hydrogen-bond acceptors (Lipinski definition) is 7. The van der Waals surface area contributed by atoms with Crippen LogP contribution in [0.2, 0.25) is 0 Å². The third-order valence-corrected chi connectivity index (χ3v) is 7.80. The van der Waals surface area contributed by atoms with E-state index < -0.39 is 0 Å². The number of thioether (sulfide) groups is 1. The number of nitrogens with two attached hydrogens (primary N) is 1. The van der Waals surface area contributed by atoms with Gasteiger partial charge >= 0.3 is 0 Å². The van der Waals surface area contributed by atoms with E-state index in [0.29, 0.717) is 12.4 Å². The lowest BCUT2D eigenvalue weighted by molar-refractivity contribution is -0.129. The van der Waals surface area contributed by atoms with E-state index in [9.17, 15) is 4.79 Å². The zero-order valence-electron chi connectivity index (χ0n) is 16.0. The van der Waals surface area contributed by atoms with E-state index >= 15 is 0 Å². The summed E-state index contributed by atoms with van der Waals surface area (Å²) in [7, 11) is 0. The number of aliphatic imine (C=N–C) groups is 1. The average Bonchev–Trinajstić information content (AvgIpc) is 3.04. The van der Waals surface area contributed by atoms with Crippen LogP contribution in [0.5, 0.6) is 0 Å². The first-order valence-corrected chi connectivity index (χ1v) is 11.6. The molecule has 2 atom stereocenters. The van der Waals surface area contributed by atoms with Crippen molar-refractivity contribution in [3.8, 4) is 0 Å². The Kier molecular flexibility index (Phi) is 5.51. The molecule has 3 N–H and O–H groups in total. The molecule has 4 rings (SSSR count). The van der Waals surface area contributed by atoms with Crippen LogP contribution < -0.4 is 11.1 Å². The zero-order chi connectivity index (χ0) is 19.0. The number of thiophene rings is 1. The largest absolute Gasteiger partial charge is 0.369 e. The van der Waals surface area contributed by atoms with Crippen LogP contribution >= 0.6 is 23.1 Å².